The van der Waals surface area contributed by atoms with Crippen LogP contribution in [0.1, 0.15) is 22.8 Å². The van der Waals surface area contributed by atoms with Crippen molar-refractivity contribution in [1.29, 1.82) is 0 Å². The molecule has 1 atom stereocenters. The van der Waals surface area contributed by atoms with Crippen LogP contribution in [0.5, 0.6) is 11.5 Å². The number of nitrogens with one attached hydrogen (secondary N) is 3. The summed E-state index contributed by atoms with van der Waals surface area (Å²) in [5.41, 5.74) is 1.62. The summed E-state index contributed by atoms with van der Waals surface area (Å²) in [6.45, 7) is 3.09. The average molecular weight is 512 g/mol. The standard InChI is InChI=1S/C21H28N4O3.HI/c1-15(28-19-11-6-5-10-18(19)27-4)13-24-21(23-3)25-14-16-8-7-9-17(12-16)20(26)22-2;/h5-12,15H,13-14H2,1-4H3,(H,22,26)(H2,23,24,25);1H. The molecule has 0 aliphatic carbocycles. The molecule has 1 amide bonds. The molecule has 0 aliphatic heterocycles. The van der Waals surface area contributed by atoms with Gasteiger partial charge in [-0.25, -0.2) is 0 Å². The first kappa shape index (κ1) is 24.5. The van der Waals surface area contributed by atoms with E-state index in [2.05, 4.69) is 20.9 Å². The van der Waals surface area contributed by atoms with Crippen LogP contribution in [0, 0.1) is 0 Å². The number of halogens is 1. The van der Waals surface area contributed by atoms with Gasteiger partial charge in [0.25, 0.3) is 5.91 Å². The van der Waals surface area contributed by atoms with Gasteiger partial charge in [-0.05, 0) is 36.8 Å². The van der Waals surface area contributed by atoms with Crippen LogP contribution in [0.15, 0.2) is 53.5 Å². The zero-order valence-corrected chi connectivity index (χ0v) is 19.5. The number of para-hydroxylation sites is 2. The first-order chi connectivity index (χ1) is 13.6. The number of hydrogen-bond donors (Lipinski definition) is 3. The van der Waals surface area contributed by atoms with Crippen LogP contribution in [0.4, 0.5) is 0 Å². The van der Waals surface area contributed by atoms with Crippen molar-refractivity contribution >= 4 is 35.8 Å². The third kappa shape index (κ3) is 7.80. The number of nitrogens with zero attached hydrogens (tertiary/aromatic N) is 1. The number of methoxy groups -OCH3 is 1. The highest BCUT2D eigenvalue weighted by molar-refractivity contribution is 14.0. The molecule has 8 heteroatoms. The Labute approximate surface area is 189 Å². The van der Waals surface area contributed by atoms with Crippen LogP contribution in [-0.2, 0) is 6.54 Å². The second kappa shape index (κ2) is 12.9. The molecule has 7 nitrogen and oxygen atoms in total. The van der Waals surface area contributed by atoms with Crippen LogP contribution < -0.4 is 25.4 Å². The molecule has 0 saturated carbocycles. The molecular weight excluding hydrogens is 483 g/mol. The molecule has 0 fully saturated rings. The van der Waals surface area contributed by atoms with Gasteiger partial charge in [0.15, 0.2) is 17.5 Å². The lowest BCUT2D eigenvalue weighted by atomic mass is 10.1. The minimum atomic E-state index is -0.105. The Balaban J connectivity index is 0.00000420. The number of benzene rings is 2. The maximum absolute atomic E-state index is 11.7. The van der Waals surface area contributed by atoms with Crippen molar-refractivity contribution in [3.05, 3.63) is 59.7 Å². The molecule has 2 aromatic carbocycles. The van der Waals surface area contributed by atoms with E-state index in [1.807, 2.05) is 49.4 Å². The highest BCUT2D eigenvalue weighted by Gasteiger charge is 2.10. The summed E-state index contributed by atoms with van der Waals surface area (Å²) in [5.74, 6) is 1.95. The molecule has 2 aromatic rings. The zero-order chi connectivity index (χ0) is 20.4. The minimum Gasteiger partial charge on any atom is -0.493 e. The fourth-order valence-electron chi connectivity index (χ4n) is 2.59. The fraction of sp³-hybridized carbons (Fsp3) is 0.333. The smallest absolute Gasteiger partial charge is 0.251 e. The van der Waals surface area contributed by atoms with Crippen molar-refractivity contribution in [2.75, 3.05) is 27.7 Å². The van der Waals surface area contributed by atoms with E-state index in [9.17, 15) is 4.79 Å². The molecule has 2 rings (SSSR count). The number of guanidine groups is 1. The summed E-state index contributed by atoms with van der Waals surface area (Å²) >= 11 is 0. The minimum absolute atomic E-state index is 0. The Morgan fingerprint density at radius 3 is 2.48 bits per heavy atom. The van der Waals surface area contributed by atoms with Crippen LogP contribution in [0.2, 0.25) is 0 Å². The van der Waals surface area contributed by atoms with Crippen molar-refractivity contribution < 1.29 is 14.3 Å². The van der Waals surface area contributed by atoms with E-state index >= 15 is 0 Å². The number of hydrogen-bond acceptors (Lipinski definition) is 4. The van der Waals surface area contributed by atoms with Crippen LogP contribution in [0.3, 0.4) is 0 Å². The van der Waals surface area contributed by atoms with E-state index in [0.29, 0.717) is 36.1 Å². The number of aliphatic imine (C=N–C) groups is 1. The molecule has 0 radical (unpaired) electrons. The Morgan fingerprint density at radius 2 is 1.83 bits per heavy atom. The molecule has 0 heterocycles. The number of carbonyl (C=O) groups is 1. The topological polar surface area (TPSA) is 84.0 Å². The number of carbonyl (C=O) groups excluding carboxylic acids is 1. The van der Waals surface area contributed by atoms with Gasteiger partial charge in [0, 0.05) is 26.2 Å². The molecule has 0 bridgehead atoms. The van der Waals surface area contributed by atoms with Crippen molar-refractivity contribution in [3.63, 3.8) is 0 Å². The number of ether oxygens (including phenoxy) is 2. The third-order valence-electron chi connectivity index (χ3n) is 4.05. The van der Waals surface area contributed by atoms with Gasteiger partial charge >= 0.3 is 0 Å². The Bertz CT molecular complexity index is 814. The molecule has 29 heavy (non-hydrogen) atoms. The second-order valence-electron chi connectivity index (χ2n) is 6.17. The van der Waals surface area contributed by atoms with Gasteiger partial charge in [-0.15, -0.1) is 24.0 Å². The largest absolute Gasteiger partial charge is 0.493 e. The summed E-state index contributed by atoms with van der Waals surface area (Å²) in [5, 5.41) is 9.11. The van der Waals surface area contributed by atoms with Crippen molar-refractivity contribution in [3.8, 4) is 11.5 Å². The number of amides is 1. The van der Waals surface area contributed by atoms with Crippen LogP contribution in [-0.4, -0.2) is 45.7 Å². The van der Waals surface area contributed by atoms with Gasteiger partial charge in [0.1, 0.15) is 6.10 Å². The summed E-state index contributed by atoms with van der Waals surface area (Å²) in [6.07, 6.45) is -0.0913. The van der Waals surface area contributed by atoms with Gasteiger partial charge in [0.2, 0.25) is 0 Å². The van der Waals surface area contributed by atoms with E-state index in [1.165, 1.54) is 0 Å². The molecule has 3 N–H and O–H groups in total. The lowest BCUT2D eigenvalue weighted by Crippen LogP contribution is -2.41. The maximum atomic E-state index is 11.7. The zero-order valence-electron chi connectivity index (χ0n) is 17.2. The molecule has 158 valence electrons. The SMILES string of the molecule is CN=C(NCc1cccc(C(=O)NC)c1)NCC(C)Oc1ccccc1OC.I. The summed E-state index contributed by atoms with van der Waals surface area (Å²) in [6, 6.07) is 15.0. The van der Waals surface area contributed by atoms with Crippen molar-refractivity contribution in [2.45, 2.75) is 19.6 Å². The van der Waals surface area contributed by atoms with Gasteiger partial charge in [-0.2, -0.15) is 0 Å². The Kier molecular flexibility index (Phi) is 10.9. The molecule has 0 aromatic heterocycles. The third-order valence-corrected chi connectivity index (χ3v) is 4.05. The van der Waals surface area contributed by atoms with E-state index in [-0.39, 0.29) is 36.0 Å². The van der Waals surface area contributed by atoms with E-state index in [4.69, 9.17) is 9.47 Å². The highest BCUT2D eigenvalue weighted by Crippen LogP contribution is 2.26. The lowest BCUT2D eigenvalue weighted by Gasteiger charge is -2.19. The molecule has 0 spiro atoms. The monoisotopic (exact) mass is 512 g/mol. The maximum Gasteiger partial charge on any atom is 0.251 e. The predicted octanol–water partition coefficient (Wildman–Crippen LogP) is 2.81. The van der Waals surface area contributed by atoms with Crippen LogP contribution in [0.25, 0.3) is 0 Å². The average Bonchev–Trinajstić information content (AvgIpc) is 2.73. The lowest BCUT2D eigenvalue weighted by molar-refractivity contribution is 0.0963. The summed E-state index contributed by atoms with van der Waals surface area (Å²) in [4.78, 5) is 16.0. The van der Waals surface area contributed by atoms with E-state index in [1.54, 1.807) is 27.3 Å². The van der Waals surface area contributed by atoms with Crippen molar-refractivity contribution in [2.24, 2.45) is 4.99 Å². The van der Waals surface area contributed by atoms with Gasteiger partial charge in [0.05, 0.1) is 13.7 Å². The molecule has 0 saturated heterocycles. The van der Waals surface area contributed by atoms with Gasteiger partial charge < -0.3 is 25.4 Å². The first-order valence-corrected chi connectivity index (χ1v) is 9.12. The Hall–Kier alpha value is -2.49. The van der Waals surface area contributed by atoms with Gasteiger partial charge in [-0.1, -0.05) is 24.3 Å². The second-order valence-corrected chi connectivity index (χ2v) is 6.17. The Morgan fingerprint density at radius 1 is 1.10 bits per heavy atom. The van der Waals surface area contributed by atoms with E-state index in [0.717, 1.165) is 5.56 Å². The van der Waals surface area contributed by atoms with Crippen LogP contribution >= 0.6 is 24.0 Å². The fourth-order valence-corrected chi connectivity index (χ4v) is 2.59. The summed E-state index contributed by atoms with van der Waals surface area (Å²) in [7, 11) is 4.95. The quantitative estimate of drug-likeness (QED) is 0.288. The highest BCUT2D eigenvalue weighted by atomic mass is 127. The summed E-state index contributed by atoms with van der Waals surface area (Å²) < 4.78 is 11.2. The molecule has 0 aliphatic rings. The van der Waals surface area contributed by atoms with Gasteiger partial charge in [-0.3, -0.25) is 9.79 Å². The molecule has 1 unspecified atom stereocenters. The predicted molar refractivity (Wildman–Crippen MR) is 127 cm³/mol. The first-order valence-electron chi connectivity index (χ1n) is 9.12. The number of rotatable bonds is 8. The molecular formula is C21H29IN4O3. The van der Waals surface area contributed by atoms with E-state index < -0.39 is 0 Å². The normalized spacial score (nSPS) is 11.7. The van der Waals surface area contributed by atoms with Crippen molar-refractivity contribution in [1.82, 2.24) is 16.0 Å².